The molecule has 0 saturated heterocycles. The van der Waals surface area contributed by atoms with Crippen LogP contribution < -0.4 is 5.73 Å². The zero-order valence-corrected chi connectivity index (χ0v) is 11.6. The molecule has 2 atom stereocenters. The van der Waals surface area contributed by atoms with Gasteiger partial charge in [-0.1, -0.05) is 58.3 Å². The maximum absolute atomic E-state index is 11.1. The molecule has 0 aliphatic heterocycles. The molecule has 0 aromatic rings. The lowest BCUT2D eigenvalue weighted by Gasteiger charge is -2.22. The van der Waals surface area contributed by atoms with Crippen molar-refractivity contribution < 1.29 is 4.79 Å². The normalized spacial score (nSPS) is 21.1. The highest BCUT2D eigenvalue weighted by Crippen LogP contribution is 2.28. The van der Waals surface area contributed by atoms with Crippen molar-refractivity contribution in [2.75, 3.05) is 0 Å². The van der Waals surface area contributed by atoms with E-state index in [1.807, 2.05) is 0 Å². The maximum Gasteiger partial charge on any atom is 0.146 e. The summed E-state index contributed by atoms with van der Waals surface area (Å²) in [6.07, 6.45) is 12.0. The van der Waals surface area contributed by atoms with Crippen LogP contribution in [-0.4, -0.2) is 11.8 Å². The minimum Gasteiger partial charge on any atom is -0.322 e. The van der Waals surface area contributed by atoms with E-state index in [0.29, 0.717) is 5.92 Å². The Morgan fingerprint density at radius 1 is 1.29 bits per heavy atom. The molecule has 0 bridgehead atoms. The summed E-state index contributed by atoms with van der Waals surface area (Å²) >= 11 is 0. The van der Waals surface area contributed by atoms with E-state index in [9.17, 15) is 4.79 Å². The molecule has 0 heterocycles. The van der Waals surface area contributed by atoms with Gasteiger partial charge in [0.25, 0.3) is 0 Å². The van der Waals surface area contributed by atoms with Crippen molar-refractivity contribution in [2.24, 2.45) is 17.6 Å². The maximum atomic E-state index is 11.1. The van der Waals surface area contributed by atoms with E-state index in [-0.39, 0.29) is 11.8 Å². The molecule has 1 aliphatic carbocycles. The molecule has 1 aliphatic rings. The molecular formula is C15H29NO. The van der Waals surface area contributed by atoms with Gasteiger partial charge in [-0.2, -0.15) is 0 Å². The third-order valence-corrected chi connectivity index (χ3v) is 4.21. The molecule has 100 valence electrons. The Kier molecular flexibility index (Phi) is 6.79. The molecule has 2 nitrogen and oxygen atoms in total. The van der Waals surface area contributed by atoms with Gasteiger partial charge in [-0.15, -0.1) is 0 Å². The van der Waals surface area contributed by atoms with E-state index in [1.165, 1.54) is 51.4 Å². The van der Waals surface area contributed by atoms with Gasteiger partial charge in [-0.05, 0) is 25.2 Å². The third kappa shape index (κ3) is 6.21. The third-order valence-electron chi connectivity index (χ3n) is 4.21. The van der Waals surface area contributed by atoms with Crippen molar-refractivity contribution in [1.82, 2.24) is 0 Å². The highest BCUT2D eigenvalue weighted by molar-refractivity contribution is 5.81. The van der Waals surface area contributed by atoms with Crippen molar-refractivity contribution in [2.45, 2.75) is 77.7 Å². The molecule has 1 rings (SSSR count). The number of nitrogens with two attached hydrogens (primary N) is 1. The van der Waals surface area contributed by atoms with Crippen LogP contribution >= 0.6 is 0 Å². The van der Waals surface area contributed by atoms with Gasteiger partial charge in [0.1, 0.15) is 5.78 Å². The second kappa shape index (κ2) is 7.86. The summed E-state index contributed by atoms with van der Waals surface area (Å²) < 4.78 is 0. The smallest absolute Gasteiger partial charge is 0.146 e. The molecule has 1 saturated carbocycles. The van der Waals surface area contributed by atoms with E-state index in [2.05, 4.69) is 6.92 Å². The Hall–Kier alpha value is -0.370. The summed E-state index contributed by atoms with van der Waals surface area (Å²) in [7, 11) is 0. The molecule has 17 heavy (non-hydrogen) atoms. The highest BCUT2D eigenvalue weighted by atomic mass is 16.1. The first-order valence-corrected chi connectivity index (χ1v) is 7.35. The van der Waals surface area contributed by atoms with Crippen LogP contribution in [0.3, 0.4) is 0 Å². The van der Waals surface area contributed by atoms with Crippen LogP contribution in [0.25, 0.3) is 0 Å². The highest BCUT2D eigenvalue weighted by Gasteiger charge is 2.15. The molecule has 0 unspecified atom stereocenters. The Morgan fingerprint density at radius 2 is 1.94 bits per heavy atom. The van der Waals surface area contributed by atoms with Crippen LogP contribution in [0, 0.1) is 11.8 Å². The summed E-state index contributed by atoms with van der Waals surface area (Å²) in [5.41, 5.74) is 5.78. The molecule has 2 N–H and O–H groups in total. The van der Waals surface area contributed by atoms with Crippen molar-refractivity contribution in [3.63, 3.8) is 0 Å². The molecule has 1 fully saturated rings. The van der Waals surface area contributed by atoms with Crippen LogP contribution in [-0.2, 0) is 4.79 Å². The summed E-state index contributed by atoms with van der Waals surface area (Å²) in [6, 6.07) is -0.236. The van der Waals surface area contributed by atoms with Crippen LogP contribution in [0.1, 0.15) is 71.6 Å². The average Bonchev–Trinajstić information content (AvgIpc) is 2.30. The lowest BCUT2D eigenvalue weighted by atomic mass is 9.84. The van der Waals surface area contributed by atoms with Gasteiger partial charge in [0.2, 0.25) is 0 Å². The monoisotopic (exact) mass is 239 g/mol. The fourth-order valence-corrected chi connectivity index (χ4v) is 2.95. The standard InChI is InChI=1S/C15H29NO/c1-12(11-15(16)13(2)17)7-6-10-14-8-4-3-5-9-14/h12,14-15H,3-11,16H2,1-2H3/t12-,15+/m1/s1. The fourth-order valence-electron chi connectivity index (χ4n) is 2.95. The molecule has 2 heteroatoms. The minimum absolute atomic E-state index is 0.129. The SMILES string of the molecule is CC(=O)[C@@H](N)C[C@H](C)CCCC1CCCCC1. The van der Waals surface area contributed by atoms with Crippen LogP contribution in [0.15, 0.2) is 0 Å². The van der Waals surface area contributed by atoms with Crippen molar-refractivity contribution in [1.29, 1.82) is 0 Å². The van der Waals surface area contributed by atoms with E-state index in [1.54, 1.807) is 6.92 Å². The van der Waals surface area contributed by atoms with E-state index in [4.69, 9.17) is 5.73 Å². The Morgan fingerprint density at radius 3 is 2.53 bits per heavy atom. The van der Waals surface area contributed by atoms with Crippen LogP contribution in [0.2, 0.25) is 0 Å². The Labute approximate surface area is 106 Å². The summed E-state index contributed by atoms with van der Waals surface area (Å²) in [4.78, 5) is 11.1. The second-order valence-electron chi connectivity index (χ2n) is 5.99. The van der Waals surface area contributed by atoms with Crippen LogP contribution in [0.4, 0.5) is 0 Å². The fraction of sp³-hybridized carbons (Fsp3) is 0.933. The van der Waals surface area contributed by atoms with E-state index in [0.717, 1.165) is 12.3 Å². The van der Waals surface area contributed by atoms with Crippen molar-refractivity contribution >= 4 is 5.78 Å². The van der Waals surface area contributed by atoms with Gasteiger partial charge in [0.15, 0.2) is 0 Å². The van der Waals surface area contributed by atoms with E-state index >= 15 is 0 Å². The van der Waals surface area contributed by atoms with Gasteiger partial charge < -0.3 is 5.73 Å². The molecule has 0 radical (unpaired) electrons. The molecular weight excluding hydrogens is 210 g/mol. The number of hydrogen-bond donors (Lipinski definition) is 1. The molecule has 0 amide bonds. The van der Waals surface area contributed by atoms with Gasteiger partial charge in [-0.3, -0.25) is 4.79 Å². The average molecular weight is 239 g/mol. The van der Waals surface area contributed by atoms with Gasteiger partial charge in [0.05, 0.1) is 6.04 Å². The molecule has 0 aromatic carbocycles. The second-order valence-corrected chi connectivity index (χ2v) is 5.99. The summed E-state index contributed by atoms with van der Waals surface area (Å²) in [6.45, 7) is 3.82. The quantitative estimate of drug-likeness (QED) is 0.736. The number of Topliss-reactive ketones (excluding diaryl/α,β-unsaturated/α-hetero) is 1. The number of carbonyl (C=O) groups is 1. The first kappa shape index (κ1) is 14.7. The van der Waals surface area contributed by atoms with E-state index < -0.39 is 0 Å². The summed E-state index contributed by atoms with van der Waals surface area (Å²) in [5.74, 6) is 1.71. The predicted molar refractivity (Wildman–Crippen MR) is 72.9 cm³/mol. The van der Waals surface area contributed by atoms with Crippen LogP contribution in [0.5, 0.6) is 0 Å². The van der Waals surface area contributed by atoms with Gasteiger partial charge >= 0.3 is 0 Å². The molecule has 0 spiro atoms. The topological polar surface area (TPSA) is 43.1 Å². The summed E-state index contributed by atoms with van der Waals surface area (Å²) in [5, 5.41) is 0. The number of carbonyl (C=O) groups excluding carboxylic acids is 1. The first-order valence-electron chi connectivity index (χ1n) is 7.35. The van der Waals surface area contributed by atoms with Crippen molar-refractivity contribution in [3.05, 3.63) is 0 Å². The number of rotatable bonds is 7. The van der Waals surface area contributed by atoms with Gasteiger partial charge in [-0.25, -0.2) is 0 Å². The molecule has 0 aromatic heterocycles. The largest absolute Gasteiger partial charge is 0.322 e. The minimum atomic E-state index is -0.236. The number of hydrogen-bond acceptors (Lipinski definition) is 2. The lowest BCUT2D eigenvalue weighted by molar-refractivity contribution is -0.118. The van der Waals surface area contributed by atoms with Crippen molar-refractivity contribution in [3.8, 4) is 0 Å². The Balaban J connectivity index is 2.06. The van der Waals surface area contributed by atoms with Gasteiger partial charge in [0, 0.05) is 0 Å². The zero-order valence-electron chi connectivity index (χ0n) is 11.6. The predicted octanol–water partition coefficient (Wildman–Crippen LogP) is 3.68. The zero-order chi connectivity index (χ0) is 12.7. The first-order chi connectivity index (χ1) is 8.09. The lowest BCUT2D eigenvalue weighted by Crippen LogP contribution is -2.30. The Bertz CT molecular complexity index is 221. The number of ketones is 1.